The van der Waals surface area contributed by atoms with Gasteiger partial charge in [-0.15, -0.1) is 24.0 Å². The zero-order chi connectivity index (χ0) is 18.8. The summed E-state index contributed by atoms with van der Waals surface area (Å²) in [4.78, 5) is 4.23. The second kappa shape index (κ2) is 12.8. The van der Waals surface area contributed by atoms with Crippen LogP contribution < -0.4 is 15.4 Å². The van der Waals surface area contributed by atoms with Gasteiger partial charge in [0.25, 0.3) is 0 Å². The van der Waals surface area contributed by atoms with Crippen LogP contribution in [0, 0.1) is 0 Å². The average Bonchev–Trinajstić information content (AvgIpc) is 2.68. The van der Waals surface area contributed by atoms with Crippen LogP contribution in [0.5, 0.6) is 5.75 Å². The molecule has 0 aliphatic carbocycles. The quantitative estimate of drug-likeness (QED) is 0.293. The monoisotopic (exact) mass is 503 g/mol. The molecule has 0 aliphatic heterocycles. The lowest BCUT2D eigenvalue weighted by Crippen LogP contribution is -2.40. The van der Waals surface area contributed by atoms with Gasteiger partial charge in [0, 0.05) is 31.1 Å². The van der Waals surface area contributed by atoms with Crippen molar-refractivity contribution in [3.63, 3.8) is 0 Å². The van der Waals surface area contributed by atoms with Gasteiger partial charge in [0.15, 0.2) is 5.96 Å². The number of hydrogen-bond acceptors (Lipinski definition) is 3. The number of aliphatic hydroxyl groups excluding tert-OH is 1. The van der Waals surface area contributed by atoms with E-state index in [-0.39, 0.29) is 36.5 Å². The van der Waals surface area contributed by atoms with Gasteiger partial charge in [0.05, 0.1) is 13.7 Å². The third-order valence-corrected chi connectivity index (χ3v) is 4.53. The van der Waals surface area contributed by atoms with E-state index in [0.717, 1.165) is 23.3 Å². The molecule has 3 N–H and O–H groups in total. The van der Waals surface area contributed by atoms with Crippen molar-refractivity contribution in [2.75, 3.05) is 33.9 Å². The number of hydrogen-bond donors (Lipinski definition) is 3. The van der Waals surface area contributed by atoms with Crippen LogP contribution in [0.25, 0.3) is 0 Å². The molecule has 1 unspecified atom stereocenters. The van der Waals surface area contributed by atoms with Crippen LogP contribution >= 0.6 is 35.6 Å². The lowest BCUT2D eigenvalue weighted by molar-refractivity contribution is 0.265. The normalized spacial score (nSPS) is 12.1. The standard InChI is InChI=1S/C20H26ClN3O2.HI/c1-22-20(24-13-17(14-25)15-6-4-3-5-7-15)23-11-10-16-8-9-18(26-2)12-19(16)21;/h3-9,12,17,25H,10-11,13-14H2,1-2H3,(H2,22,23,24);1H. The number of aliphatic imine (C=N–C) groups is 1. The van der Waals surface area contributed by atoms with Crippen molar-refractivity contribution < 1.29 is 9.84 Å². The lowest BCUT2D eigenvalue weighted by atomic mass is 10.0. The molecule has 7 heteroatoms. The van der Waals surface area contributed by atoms with Crippen LogP contribution in [0.3, 0.4) is 0 Å². The summed E-state index contributed by atoms with van der Waals surface area (Å²) in [5.41, 5.74) is 2.15. The first-order valence-electron chi connectivity index (χ1n) is 8.60. The van der Waals surface area contributed by atoms with Crippen LogP contribution in [0.2, 0.25) is 5.02 Å². The summed E-state index contributed by atoms with van der Waals surface area (Å²) in [6.07, 6.45) is 0.769. The van der Waals surface area contributed by atoms with Gasteiger partial charge in [0.1, 0.15) is 5.75 Å². The Morgan fingerprint density at radius 2 is 1.93 bits per heavy atom. The number of nitrogens with zero attached hydrogens (tertiary/aromatic N) is 1. The molecule has 2 aromatic carbocycles. The number of aliphatic hydroxyl groups is 1. The molecular formula is C20H27ClIN3O2. The topological polar surface area (TPSA) is 65.9 Å². The van der Waals surface area contributed by atoms with E-state index in [1.807, 2.05) is 48.5 Å². The summed E-state index contributed by atoms with van der Waals surface area (Å²) in [6.45, 7) is 1.37. The fourth-order valence-electron chi connectivity index (χ4n) is 2.63. The van der Waals surface area contributed by atoms with Gasteiger partial charge >= 0.3 is 0 Å². The van der Waals surface area contributed by atoms with Gasteiger partial charge < -0.3 is 20.5 Å². The Morgan fingerprint density at radius 1 is 1.19 bits per heavy atom. The second-order valence-corrected chi connectivity index (χ2v) is 6.28. The van der Waals surface area contributed by atoms with Crippen molar-refractivity contribution >= 4 is 41.5 Å². The number of ether oxygens (including phenoxy) is 1. The second-order valence-electron chi connectivity index (χ2n) is 5.88. The van der Waals surface area contributed by atoms with Crippen molar-refractivity contribution in [1.29, 1.82) is 0 Å². The smallest absolute Gasteiger partial charge is 0.191 e. The van der Waals surface area contributed by atoms with Crippen LogP contribution in [0.1, 0.15) is 17.0 Å². The minimum atomic E-state index is 0. The molecule has 1 atom stereocenters. The molecule has 0 aliphatic rings. The highest BCUT2D eigenvalue weighted by Gasteiger charge is 2.11. The average molecular weight is 504 g/mol. The summed E-state index contributed by atoms with van der Waals surface area (Å²) >= 11 is 6.27. The van der Waals surface area contributed by atoms with Crippen LogP contribution in [-0.4, -0.2) is 44.9 Å². The molecule has 0 amide bonds. The van der Waals surface area contributed by atoms with Gasteiger partial charge in [-0.3, -0.25) is 4.99 Å². The molecular weight excluding hydrogens is 477 g/mol. The number of nitrogens with one attached hydrogen (secondary N) is 2. The summed E-state index contributed by atoms with van der Waals surface area (Å²) in [5, 5.41) is 16.9. The first kappa shape index (κ1) is 23.5. The molecule has 148 valence electrons. The van der Waals surface area contributed by atoms with E-state index >= 15 is 0 Å². The molecule has 0 heterocycles. The van der Waals surface area contributed by atoms with Crippen LogP contribution in [0.15, 0.2) is 53.5 Å². The predicted molar refractivity (Wildman–Crippen MR) is 123 cm³/mol. The van der Waals surface area contributed by atoms with Crippen molar-refractivity contribution in [2.45, 2.75) is 12.3 Å². The number of benzene rings is 2. The van der Waals surface area contributed by atoms with Crippen molar-refractivity contribution in [3.8, 4) is 5.75 Å². The molecule has 2 aromatic rings. The van der Waals surface area contributed by atoms with Crippen LogP contribution in [0.4, 0.5) is 0 Å². The summed E-state index contributed by atoms with van der Waals surface area (Å²) in [6, 6.07) is 15.6. The molecule has 0 saturated carbocycles. The Kier molecular flexibility index (Phi) is 11.2. The largest absolute Gasteiger partial charge is 0.497 e. The molecule has 0 fully saturated rings. The van der Waals surface area contributed by atoms with Crippen molar-refractivity contribution in [3.05, 3.63) is 64.7 Å². The number of halogens is 2. The van der Waals surface area contributed by atoms with Gasteiger partial charge in [-0.25, -0.2) is 0 Å². The highest BCUT2D eigenvalue weighted by molar-refractivity contribution is 14.0. The SMILES string of the molecule is CN=C(NCCc1ccc(OC)cc1Cl)NCC(CO)c1ccccc1.I. The summed E-state index contributed by atoms with van der Waals surface area (Å²) in [5.74, 6) is 1.47. The summed E-state index contributed by atoms with van der Waals surface area (Å²) in [7, 11) is 3.35. The fraction of sp³-hybridized carbons (Fsp3) is 0.350. The molecule has 0 aromatic heterocycles. The first-order chi connectivity index (χ1) is 12.7. The number of guanidine groups is 1. The van der Waals surface area contributed by atoms with E-state index in [4.69, 9.17) is 16.3 Å². The first-order valence-corrected chi connectivity index (χ1v) is 8.98. The van der Waals surface area contributed by atoms with Gasteiger partial charge in [0.2, 0.25) is 0 Å². The summed E-state index contributed by atoms with van der Waals surface area (Å²) < 4.78 is 5.16. The van der Waals surface area contributed by atoms with E-state index in [1.165, 1.54) is 0 Å². The Hall–Kier alpha value is -1.51. The van der Waals surface area contributed by atoms with Crippen molar-refractivity contribution in [1.82, 2.24) is 10.6 Å². The molecule has 0 bridgehead atoms. The van der Waals surface area contributed by atoms with E-state index in [2.05, 4.69) is 15.6 Å². The van der Waals surface area contributed by atoms with Gasteiger partial charge in [-0.2, -0.15) is 0 Å². The lowest BCUT2D eigenvalue weighted by Gasteiger charge is -2.18. The molecule has 2 rings (SSSR count). The fourth-order valence-corrected chi connectivity index (χ4v) is 2.89. The molecule has 27 heavy (non-hydrogen) atoms. The van der Waals surface area contributed by atoms with Gasteiger partial charge in [-0.05, 0) is 29.7 Å². The Bertz CT molecular complexity index is 714. The zero-order valence-corrected chi connectivity index (χ0v) is 18.7. The minimum Gasteiger partial charge on any atom is -0.497 e. The highest BCUT2D eigenvalue weighted by Crippen LogP contribution is 2.22. The van der Waals surface area contributed by atoms with Crippen molar-refractivity contribution in [2.24, 2.45) is 4.99 Å². The maximum absolute atomic E-state index is 9.64. The molecule has 0 radical (unpaired) electrons. The van der Waals surface area contributed by atoms with E-state index in [9.17, 15) is 5.11 Å². The number of methoxy groups -OCH3 is 1. The minimum absolute atomic E-state index is 0. The maximum atomic E-state index is 9.64. The molecule has 0 saturated heterocycles. The predicted octanol–water partition coefficient (Wildman–Crippen LogP) is 3.45. The van der Waals surface area contributed by atoms with E-state index < -0.39 is 0 Å². The van der Waals surface area contributed by atoms with E-state index in [0.29, 0.717) is 24.1 Å². The number of rotatable bonds is 8. The maximum Gasteiger partial charge on any atom is 0.191 e. The Morgan fingerprint density at radius 3 is 2.52 bits per heavy atom. The highest BCUT2D eigenvalue weighted by atomic mass is 127. The third kappa shape index (κ3) is 7.56. The third-order valence-electron chi connectivity index (χ3n) is 4.18. The van der Waals surface area contributed by atoms with E-state index in [1.54, 1.807) is 14.2 Å². The van der Waals surface area contributed by atoms with Crippen LogP contribution in [-0.2, 0) is 6.42 Å². The zero-order valence-electron chi connectivity index (χ0n) is 15.6. The Labute approximate surface area is 183 Å². The van der Waals surface area contributed by atoms with Gasteiger partial charge in [-0.1, -0.05) is 48.0 Å². The Balaban J connectivity index is 0.00000364. The molecule has 0 spiro atoms. The molecule has 5 nitrogen and oxygen atoms in total.